The second-order valence-corrected chi connectivity index (χ2v) is 5.53. The number of carboxylic acids is 1. The van der Waals surface area contributed by atoms with Crippen LogP contribution in [0.3, 0.4) is 0 Å². The number of para-hydroxylation sites is 1. The van der Waals surface area contributed by atoms with Crippen molar-refractivity contribution in [2.45, 2.75) is 45.7 Å². The molecule has 0 radical (unpaired) electrons. The van der Waals surface area contributed by atoms with Gasteiger partial charge in [0.05, 0.1) is 0 Å². The van der Waals surface area contributed by atoms with Gasteiger partial charge in [0, 0.05) is 23.9 Å². The number of carboxylic acid groups (broad SMARTS) is 1. The Kier molecular flexibility index (Phi) is 5.02. The Balaban J connectivity index is 2.33. The highest BCUT2D eigenvalue weighted by Gasteiger charge is 2.21. The molecule has 0 saturated heterocycles. The first-order valence-corrected chi connectivity index (χ1v) is 7.47. The molecule has 0 saturated carbocycles. The molecule has 4 nitrogen and oxygen atoms in total. The quantitative estimate of drug-likeness (QED) is 0.844. The Hall–Kier alpha value is -1.81. The molecule has 1 unspecified atom stereocenters. The molecule has 0 amide bonds. The van der Waals surface area contributed by atoms with Crippen LogP contribution in [0.25, 0.3) is 11.0 Å². The number of likely N-dealkylation sites (N-methyl/N-ethyl adjacent to an activating group) is 1. The third kappa shape index (κ3) is 3.45. The van der Waals surface area contributed by atoms with Gasteiger partial charge in [0.1, 0.15) is 17.4 Å². The monoisotopic (exact) mass is 289 g/mol. The van der Waals surface area contributed by atoms with Crippen LogP contribution in [0.1, 0.15) is 38.0 Å². The van der Waals surface area contributed by atoms with E-state index in [-0.39, 0.29) is 0 Å². The van der Waals surface area contributed by atoms with Crippen molar-refractivity contribution in [1.82, 2.24) is 4.90 Å². The van der Waals surface area contributed by atoms with Crippen LogP contribution in [0.15, 0.2) is 28.7 Å². The van der Waals surface area contributed by atoms with E-state index in [1.54, 1.807) is 6.92 Å². The third-order valence-electron chi connectivity index (χ3n) is 3.97. The van der Waals surface area contributed by atoms with E-state index in [1.807, 2.05) is 36.2 Å². The van der Waals surface area contributed by atoms with Gasteiger partial charge in [-0.3, -0.25) is 9.69 Å². The second-order valence-electron chi connectivity index (χ2n) is 5.53. The summed E-state index contributed by atoms with van der Waals surface area (Å²) in [7, 11) is 1.84. The molecule has 1 N–H and O–H groups in total. The minimum Gasteiger partial charge on any atom is -0.480 e. The molecule has 2 rings (SSSR count). The Morgan fingerprint density at radius 3 is 2.76 bits per heavy atom. The number of benzene rings is 1. The predicted octanol–water partition coefficient (Wildman–Crippen LogP) is 3.68. The van der Waals surface area contributed by atoms with E-state index < -0.39 is 12.0 Å². The number of furan rings is 1. The highest BCUT2D eigenvalue weighted by atomic mass is 16.4. The topological polar surface area (TPSA) is 53.7 Å². The van der Waals surface area contributed by atoms with Crippen molar-refractivity contribution in [2.24, 2.45) is 0 Å². The number of unbranched alkanes of at least 4 members (excludes halogenated alkanes) is 1. The average molecular weight is 289 g/mol. The number of nitrogens with zero attached hydrogens (tertiary/aromatic N) is 1. The molecule has 2 aromatic rings. The van der Waals surface area contributed by atoms with Gasteiger partial charge in [-0.25, -0.2) is 0 Å². The lowest BCUT2D eigenvalue weighted by molar-refractivity contribution is -0.142. The first-order chi connectivity index (χ1) is 10.0. The van der Waals surface area contributed by atoms with Gasteiger partial charge in [0.25, 0.3) is 0 Å². The molecule has 0 bridgehead atoms. The van der Waals surface area contributed by atoms with Gasteiger partial charge in [0.15, 0.2) is 0 Å². The van der Waals surface area contributed by atoms with Crippen molar-refractivity contribution >= 4 is 16.9 Å². The van der Waals surface area contributed by atoms with Crippen LogP contribution in [0.4, 0.5) is 0 Å². The van der Waals surface area contributed by atoms with Crippen LogP contribution >= 0.6 is 0 Å². The smallest absolute Gasteiger partial charge is 0.320 e. The highest BCUT2D eigenvalue weighted by Crippen LogP contribution is 2.28. The van der Waals surface area contributed by atoms with E-state index >= 15 is 0 Å². The number of aryl methyl sites for hydroxylation is 1. The molecule has 0 spiro atoms. The molecule has 0 fully saturated rings. The molecular formula is C17H23NO3. The van der Waals surface area contributed by atoms with Gasteiger partial charge in [-0.15, -0.1) is 0 Å². The molecule has 0 aliphatic rings. The molecule has 1 heterocycles. The maximum atomic E-state index is 11.1. The fourth-order valence-electron chi connectivity index (χ4n) is 2.44. The summed E-state index contributed by atoms with van der Waals surface area (Å²) in [5.74, 6) is 0.183. The van der Waals surface area contributed by atoms with E-state index in [9.17, 15) is 4.79 Å². The summed E-state index contributed by atoms with van der Waals surface area (Å²) < 4.78 is 5.97. The lowest BCUT2D eigenvalue weighted by Gasteiger charge is -2.21. The second kappa shape index (κ2) is 6.76. The largest absolute Gasteiger partial charge is 0.480 e. The Morgan fingerprint density at radius 2 is 2.10 bits per heavy atom. The van der Waals surface area contributed by atoms with Crippen molar-refractivity contribution in [2.75, 3.05) is 7.05 Å². The lowest BCUT2D eigenvalue weighted by atomic mass is 10.1. The van der Waals surface area contributed by atoms with E-state index in [2.05, 4.69) is 6.92 Å². The molecule has 114 valence electrons. The molecular weight excluding hydrogens is 266 g/mol. The maximum Gasteiger partial charge on any atom is 0.320 e. The van der Waals surface area contributed by atoms with Crippen molar-refractivity contribution in [3.05, 3.63) is 35.6 Å². The molecule has 1 aromatic carbocycles. The van der Waals surface area contributed by atoms with Crippen LogP contribution in [-0.4, -0.2) is 29.1 Å². The predicted molar refractivity (Wildman–Crippen MR) is 83.4 cm³/mol. The fourth-order valence-corrected chi connectivity index (χ4v) is 2.44. The van der Waals surface area contributed by atoms with E-state index in [1.165, 1.54) is 0 Å². The molecule has 1 atom stereocenters. The zero-order valence-electron chi connectivity index (χ0n) is 12.9. The van der Waals surface area contributed by atoms with Crippen molar-refractivity contribution < 1.29 is 14.3 Å². The number of rotatable bonds is 7. The maximum absolute atomic E-state index is 11.1. The molecule has 0 aliphatic carbocycles. The Bertz CT molecular complexity index is 618. The van der Waals surface area contributed by atoms with Gasteiger partial charge in [-0.1, -0.05) is 31.5 Å². The SMILES string of the molecule is CCCCc1oc2ccccc2c1CN(C)C(C)C(=O)O. The average Bonchev–Trinajstić information content (AvgIpc) is 2.82. The summed E-state index contributed by atoms with van der Waals surface area (Å²) in [6, 6.07) is 7.45. The first-order valence-electron chi connectivity index (χ1n) is 7.47. The summed E-state index contributed by atoms with van der Waals surface area (Å²) in [4.78, 5) is 13.0. The van der Waals surface area contributed by atoms with Gasteiger partial charge in [0.2, 0.25) is 0 Å². The molecule has 1 aromatic heterocycles. The minimum absolute atomic E-state index is 0.516. The summed E-state index contributed by atoms with van der Waals surface area (Å²) in [5, 5.41) is 10.2. The molecule has 4 heteroatoms. The van der Waals surface area contributed by atoms with Crippen LogP contribution < -0.4 is 0 Å². The zero-order valence-corrected chi connectivity index (χ0v) is 12.9. The number of carbonyl (C=O) groups is 1. The standard InChI is InChI=1S/C17H23NO3/c1-4-5-9-16-14(11-18(3)12(2)17(19)20)13-8-6-7-10-15(13)21-16/h6-8,10,12H,4-5,9,11H2,1-3H3,(H,19,20). The van der Waals surface area contributed by atoms with E-state index in [0.717, 1.165) is 41.6 Å². The van der Waals surface area contributed by atoms with Crippen molar-refractivity contribution in [1.29, 1.82) is 0 Å². The summed E-state index contributed by atoms with van der Waals surface area (Å²) in [5.41, 5.74) is 2.00. The number of aliphatic carboxylic acids is 1. The van der Waals surface area contributed by atoms with Crippen molar-refractivity contribution in [3.8, 4) is 0 Å². The fraction of sp³-hybridized carbons (Fsp3) is 0.471. The van der Waals surface area contributed by atoms with Gasteiger partial charge in [-0.2, -0.15) is 0 Å². The zero-order chi connectivity index (χ0) is 15.4. The van der Waals surface area contributed by atoms with Crippen LogP contribution in [0.2, 0.25) is 0 Å². The number of hydrogen-bond acceptors (Lipinski definition) is 3. The number of fused-ring (bicyclic) bond motifs is 1. The summed E-state index contributed by atoms with van der Waals surface area (Å²) >= 11 is 0. The van der Waals surface area contributed by atoms with Crippen LogP contribution in [0, 0.1) is 0 Å². The van der Waals surface area contributed by atoms with Gasteiger partial charge in [-0.05, 0) is 26.5 Å². The van der Waals surface area contributed by atoms with Gasteiger partial charge >= 0.3 is 5.97 Å². The Labute approximate surface area is 125 Å². The Morgan fingerprint density at radius 1 is 1.38 bits per heavy atom. The summed E-state index contributed by atoms with van der Waals surface area (Å²) in [6.45, 7) is 4.45. The van der Waals surface area contributed by atoms with Gasteiger partial charge < -0.3 is 9.52 Å². The third-order valence-corrected chi connectivity index (χ3v) is 3.97. The normalized spacial score (nSPS) is 13.0. The van der Waals surface area contributed by atoms with Crippen molar-refractivity contribution in [3.63, 3.8) is 0 Å². The molecule has 0 aliphatic heterocycles. The summed E-state index contributed by atoms with van der Waals surface area (Å²) in [6.07, 6.45) is 3.08. The van der Waals surface area contributed by atoms with E-state index in [4.69, 9.17) is 9.52 Å². The number of hydrogen-bond donors (Lipinski definition) is 1. The van der Waals surface area contributed by atoms with Crippen LogP contribution in [0.5, 0.6) is 0 Å². The van der Waals surface area contributed by atoms with E-state index in [0.29, 0.717) is 6.54 Å². The lowest BCUT2D eigenvalue weighted by Crippen LogP contribution is -2.35. The van der Waals surface area contributed by atoms with Crippen LogP contribution in [-0.2, 0) is 17.8 Å². The highest BCUT2D eigenvalue weighted by molar-refractivity contribution is 5.82. The first kappa shape index (κ1) is 15.6. The minimum atomic E-state index is -0.805. The molecule has 21 heavy (non-hydrogen) atoms.